The average Bonchev–Trinajstić information content (AvgIpc) is 3.76. The predicted molar refractivity (Wildman–Crippen MR) is 275 cm³/mol. The number of nitrogens with zero attached hydrogens (tertiary/aromatic N) is 5. The molecule has 9 aromatic carbocycles. The van der Waals surface area contributed by atoms with E-state index < -0.39 is 0 Å². The van der Waals surface area contributed by atoms with Crippen molar-refractivity contribution in [2.24, 2.45) is 0 Å². The molecule has 0 aliphatic heterocycles. The number of benzene rings is 9. The average molecular weight is 856 g/mol. The van der Waals surface area contributed by atoms with Gasteiger partial charge in [-0.3, -0.25) is 4.40 Å². The van der Waals surface area contributed by atoms with Gasteiger partial charge < -0.3 is 0 Å². The van der Waals surface area contributed by atoms with Crippen molar-refractivity contribution in [2.45, 2.75) is 0 Å². The monoisotopic (exact) mass is 855 g/mol. The van der Waals surface area contributed by atoms with Crippen LogP contribution in [0.3, 0.4) is 0 Å². The van der Waals surface area contributed by atoms with Crippen LogP contribution in [-0.2, 0) is 0 Å². The van der Waals surface area contributed by atoms with Crippen molar-refractivity contribution < 1.29 is 0 Å². The Morgan fingerprint density at radius 3 is 1.04 bits per heavy atom. The standard InChI is InChI=1S/C62H41N5/c1-5-15-42(16-6-1)44-25-33-48(34-26-44)56-41-57(64-59(63-56)52-39-31-45(32-40-52)43-17-7-2-8-18-43)49-35-27-46(28-36-49)47-29-37-50(38-30-47)58-54-23-13-14-24-55(54)62-66-60(51-19-9-3-10-20-51)65-61(67(58)62)53-21-11-4-12-22-53/h1-41H. The molecule has 3 heterocycles. The fourth-order valence-corrected chi connectivity index (χ4v) is 9.04. The van der Waals surface area contributed by atoms with Gasteiger partial charge in [0.25, 0.3) is 0 Å². The van der Waals surface area contributed by atoms with E-state index in [-0.39, 0.29) is 0 Å². The third-order valence-electron chi connectivity index (χ3n) is 12.5. The van der Waals surface area contributed by atoms with Crippen LogP contribution >= 0.6 is 0 Å². The second-order valence-corrected chi connectivity index (χ2v) is 16.7. The number of hydrogen-bond acceptors (Lipinski definition) is 4. The molecule has 0 aliphatic rings. The van der Waals surface area contributed by atoms with Gasteiger partial charge in [-0.2, -0.15) is 0 Å². The third-order valence-corrected chi connectivity index (χ3v) is 12.5. The van der Waals surface area contributed by atoms with Gasteiger partial charge in [-0.15, -0.1) is 0 Å². The van der Waals surface area contributed by atoms with E-state index in [4.69, 9.17) is 19.9 Å². The molecule has 0 spiro atoms. The van der Waals surface area contributed by atoms with E-state index in [2.05, 4.69) is 217 Å². The first-order chi connectivity index (χ1) is 33.2. The molecule has 0 saturated heterocycles. The summed E-state index contributed by atoms with van der Waals surface area (Å²) in [6, 6.07) is 86.9. The minimum absolute atomic E-state index is 0.682. The molecule has 0 aliphatic carbocycles. The lowest BCUT2D eigenvalue weighted by Gasteiger charge is -2.13. The highest BCUT2D eigenvalue weighted by atomic mass is 15.1. The maximum absolute atomic E-state index is 5.24. The zero-order valence-corrected chi connectivity index (χ0v) is 36.4. The number of aromatic nitrogens is 5. The zero-order chi connectivity index (χ0) is 44.5. The highest BCUT2D eigenvalue weighted by molar-refractivity contribution is 6.06. The van der Waals surface area contributed by atoms with Crippen LogP contribution in [0.15, 0.2) is 249 Å². The maximum atomic E-state index is 5.24. The van der Waals surface area contributed by atoms with Crippen molar-refractivity contribution in [1.82, 2.24) is 24.3 Å². The van der Waals surface area contributed by atoms with Crippen molar-refractivity contribution in [2.75, 3.05) is 0 Å². The molecule has 3 aromatic heterocycles. The molecule has 12 rings (SSSR count). The van der Waals surface area contributed by atoms with Gasteiger partial charge in [0.15, 0.2) is 11.6 Å². The zero-order valence-electron chi connectivity index (χ0n) is 36.4. The van der Waals surface area contributed by atoms with Crippen LogP contribution in [0.5, 0.6) is 0 Å². The van der Waals surface area contributed by atoms with Gasteiger partial charge in [-0.05, 0) is 45.0 Å². The second-order valence-electron chi connectivity index (χ2n) is 16.7. The topological polar surface area (TPSA) is 56.0 Å². The van der Waals surface area contributed by atoms with Crippen molar-refractivity contribution in [1.29, 1.82) is 0 Å². The molecule has 0 fully saturated rings. The number of fused-ring (bicyclic) bond motifs is 3. The molecule has 5 nitrogen and oxygen atoms in total. The summed E-state index contributed by atoms with van der Waals surface area (Å²) in [5, 5.41) is 2.21. The molecule has 0 radical (unpaired) electrons. The molecule has 0 unspecified atom stereocenters. The summed E-state index contributed by atoms with van der Waals surface area (Å²) in [4.78, 5) is 20.8. The summed E-state index contributed by atoms with van der Waals surface area (Å²) in [7, 11) is 0. The van der Waals surface area contributed by atoms with E-state index >= 15 is 0 Å². The molecule has 0 bridgehead atoms. The van der Waals surface area contributed by atoms with Gasteiger partial charge in [0, 0.05) is 38.6 Å². The van der Waals surface area contributed by atoms with Crippen molar-refractivity contribution in [3.05, 3.63) is 249 Å². The summed E-state index contributed by atoms with van der Waals surface area (Å²) >= 11 is 0. The van der Waals surface area contributed by atoms with Crippen LogP contribution < -0.4 is 0 Å². The molecule has 314 valence electrons. The minimum Gasteiger partial charge on any atom is -0.277 e. The Hall–Kier alpha value is -9.06. The Balaban J connectivity index is 0.905. The minimum atomic E-state index is 0.682. The molecule has 0 atom stereocenters. The fourth-order valence-electron chi connectivity index (χ4n) is 9.04. The summed E-state index contributed by atoms with van der Waals surface area (Å²) in [6.45, 7) is 0. The van der Waals surface area contributed by atoms with E-state index in [1.807, 2.05) is 36.4 Å². The summed E-state index contributed by atoms with van der Waals surface area (Å²) in [6.07, 6.45) is 0. The molecular weight excluding hydrogens is 815 g/mol. The molecule has 5 heteroatoms. The van der Waals surface area contributed by atoms with Crippen LogP contribution in [0.25, 0.3) is 118 Å². The van der Waals surface area contributed by atoms with Crippen LogP contribution in [0.2, 0.25) is 0 Å². The van der Waals surface area contributed by atoms with E-state index in [0.29, 0.717) is 11.6 Å². The molecule has 12 aromatic rings. The summed E-state index contributed by atoms with van der Waals surface area (Å²) in [5.41, 5.74) is 16.7. The molecule has 0 amide bonds. The maximum Gasteiger partial charge on any atom is 0.163 e. The SMILES string of the molecule is c1ccc(-c2ccc(-c3cc(-c4ccc(-c5ccc(-c6c7ccccc7c7nc(-c8ccccc8)nc(-c8ccccc8)n67)cc5)cc4)nc(-c4ccc(-c5ccccc5)cc4)n3)cc2)cc1. The Labute approximate surface area is 389 Å². The van der Waals surface area contributed by atoms with Crippen molar-refractivity contribution in [3.8, 4) is 101 Å². The predicted octanol–water partition coefficient (Wildman–Crippen LogP) is 15.7. The van der Waals surface area contributed by atoms with Gasteiger partial charge in [0.2, 0.25) is 0 Å². The molecular formula is C62H41N5. The van der Waals surface area contributed by atoms with Gasteiger partial charge in [-0.25, -0.2) is 19.9 Å². The number of hydrogen-bond donors (Lipinski definition) is 0. The second kappa shape index (κ2) is 17.1. The van der Waals surface area contributed by atoms with Gasteiger partial charge in [0.1, 0.15) is 11.5 Å². The van der Waals surface area contributed by atoms with Crippen LogP contribution in [0.1, 0.15) is 0 Å². The Morgan fingerprint density at radius 2 is 0.567 bits per heavy atom. The Bertz CT molecular complexity index is 3560. The Kier molecular flexibility index (Phi) is 10.1. The molecule has 0 saturated carbocycles. The first-order valence-electron chi connectivity index (χ1n) is 22.5. The quantitative estimate of drug-likeness (QED) is 0.145. The normalized spacial score (nSPS) is 11.3. The highest BCUT2D eigenvalue weighted by Crippen LogP contribution is 2.39. The van der Waals surface area contributed by atoms with Crippen LogP contribution in [0, 0.1) is 0 Å². The van der Waals surface area contributed by atoms with Gasteiger partial charge in [0.05, 0.1) is 17.1 Å². The van der Waals surface area contributed by atoms with Crippen molar-refractivity contribution in [3.63, 3.8) is 0 Å². The lowest BCUT2D eigenvalue weighted by atomic mass is 9.99. The largest absolute Gasteiger partial charge is 0.277 e. The smallest absolute Gasteiger partial charge is 0.163 e. The number of rotatable bonds is 9. The first-order valence-corrected chi connectivity index (χ1v) is 22.5. The van der Waals surface area contributed by atoms with Gasteiger partial charge in [-0.1, -0.05) is 243 Å². The Morgan fingerprint density at radius 1 is 0.239 bits per heavy atom. The lowest BCUT2D eigenvalue weighted by molar-refractivity contribution is 1.05. The van der Waals surface area contributed by atoms with Crippen LogP contribution in [-0.4, -0.2) is 24.3 Å². The van der Waals surface area contributed by atoms with E-state index in [0.717, 1.165) is 95.0 Å². The van der Waals surface area contributed by atoms with E-state index in [9.17, 15) is 0 Å². The molecule has 0 N–H and O–H groups in total. The lowest BCUT2D eigenvalue weighted by Crippen LogP contribution is -2.03. The summed E-state index contributed by atoms with van der Waals surface area (Å²) < 4.78 is 2.23. The summed E-state index contributed by atoms with van der Waals surface area (Å²) in [5.74, 6) is 2.23. The van der Waals surface area contributed by atoms with Crippen LogP contribution in [0.4, 0.5) is 0 Å². The van der Waals surface area contributed by atoms with E-state index in [1.165, 1.54) is 11.1 Å². The first kappa shape index (κ1) is 39.5. The van der Waals surface area contributed by atoms with Gasteiger partial charge >= 0.3 is 0 Å². The van der Waals surface area contributed by atoms with E-state index in [1.54, 1.807) is 0 Å². The fraction of sp³-hybridized carbons (Fsp3) is 0. The highest BCUT2D eigenvalue weighted by Gasteiger charge is 2.21. The molecule has 67 heavy (non-hydrogen) atoms. The third kappa shape index (κ3) is 7.64. The van der Waals surface area contributed by atoms with Crippen molar-refractivity contribution >= 4 is 16.4 Å².